The summed E-state index contributed by atoms with van der Waals surface area (Å²) in [4.78, 5) is 25.5. The number of thioether (sulfide) groups is 1. The SMILES string of the molecule is CCOc1ccccc1NC(=O)CSC1=C(C#N)[C@@H](c2ccc(F)cc2)C2=C(CCCC2=O)N1. The molecule has 1 atom stereocenters. The van der Waals surface area contributed by atoms with Gasteiger partial charge in [0.2, 0.25) is 5.91 Å². The smallest absolute Gasteiger partial charge is 0.234 e. The average Bonchev–Trinajstić information content (AvgIpc) is 2.84. The molecule has 0 saturated carbocycles. The highest BCUT2D eigenvalue weighted by Crippen LogP contribution is 2.44. The number of dihydropyridines is 1. The van der Waals surface area contributed by atoms with Gasteiger partial charge in [0, 0.05) is 17.7 Å². The highest BCUT2D eigenvalue weighted by molar-refractivity contribution is 8.03. The fraction of sp³-hybridized carbons (Fsp3) is 0.269. The second-order valence-corrected chi connectivity index (χ2v) is 8.88. The Hall–Kier alpha value is -3.57. The zero-order valence-electron chi connectivity index (χ0n) is 18.7. The minimum Gasteiger partial charge on any atom is -0.492 e. The lowest BCUT2D eigenvalue weighted by atomic mass is 9.77. The number of ether oxygens (including phenoxy) is 1. The Morgan fingerprint density at radius 1 is 1.24 bits per heavy atom. The number of nitriles is 1. The lowest BCUT2D eigenvalue weighted by Crippen LogP contribution is -2.31. The molecule has 0 saturated heterocycles. The fourth-order valence-electron chi connectivity index (χ4n) is 4.20. The van der Waals surface area contributed by atoms with E-state index in [1.165, 1.54) is 23.9 Å². The van der Waals surface area contributed by atoms with E-state index in [0.717, 1.165) is 12.1 Å². The van der Waals surface area contributed by atoms with Crippen LogP contribution in [-0.4, -0.2) is 24.1 Å². The number of carbonyl (C=O) groups is 2. The van der Waals surface area contributed by atoms with Crippen LogP contribution in [-0.2, 0) is 9.59 Å². The van der Waals surface area contributed by atoms with Gasteiger partial charge in [0.05, 0.1) is 40.6 Å². The van der Waals surface area contributed by atoms with Gasteiger partial charge in [-0.25, -0.2) is 4.39 Å². The van der Waals surface area contributed by atoms with E-state index in [0.29, 0.717) is 52.6 Å². The zero-order valence-corrected chi connectivity index (χ0v) is 19.5. The Morgan fingerprint density at radius 2 is 2.00 bits per heavy atom. The molecule has 0 radical (unpaired) electrons. The molecule has 0 bridgehead atoms. The predicted molar refractivity (Wildman–Crippen MR) is 129 cm³/mol. The van der Waals surface area contributed by atoms with Crippen molar-refractivity contribution in [2.24, 2.45) is 0 Å². The van der Waals surface area contributed by atoms with Gasteiger partial charge < -0.3 is 15.4 Å². The molecule has 1 heterocycles. The monoisotopic (exact) mass is 477 g/mol. The predicted octanol–water partition coefficient (Wildman–Crippen LogP) is 5.03. The Bertz CT molecular complexity index is 1210. The van der Waals surface area contributed by atoms with Crippen molar-refractivity contribution in [3.8, 4) is 11.8 Å². The van der Waals surface area contributed by atoms with Gasteiger partial charge in [-0.3, -0.25) is 9.59 Å². The minimum absolute atomic E-state index is 0.00912. The molecule has 174 valence electrons. The number of Topliss-reactive ketones (excluding diaryl/α,β-unsaturated/α-hetero) is 1. The molecule has 1 aliphatic heterocycles. The van der Waals surface area contributed by atoms with Crippen molar-refractivity contribution in [2.75, 3.05) is 17.7 Å². The maximum Gasteiger partial charge on any atom is 0.234 e. The number of benzene rings is 2. The van der Waals surface area contributed by atoms with E-state index in [1.54, 1.807) is 24.3 Å². The van der Waals surface area contributed by atoms with Crippen LogP contribution in [0, 0.1) is 17.1 Å². The first kappa shape index (κ1) is 23.6. The number of allylic oxidation sites excluding steroid dienone is 3. The second-order valence-electron chi connectivity index (χ2n) is 7.90. The summed E-state index contributed by atoms with van der Waals surface area (Å²) >= 11 is 1.21. The second kappa shape index (κ2) is 10.6. The normalized spacial score (nSPS) is 17.6. The van der Waals surface area contributed by atoms with Gasteiger partial charge in [-0.2, -0.15) is 5.26 Å². The molecule has 0 spiro atoms. The first-order valence-corrected chi connectivity index (χ1v) is 12.1. The highest BCUT2D eigenvalue weighted by atomic mass is 32.2. The van der Waals surface area contributed by atoms with Crippen LogP contribution in [0.5, 0.6) is 5.75 Å². The standard InChI is InChI=1S/C26H24FN3O3S/c1-2-33-22-9-4-3-6-19(22)29-23(32)15-34-26-18(14-28)24(16-10-12-17(27)13-11-16)25-20(30-26)7-5-8-21(25)31/h3-4,6,9-13,24,30H,2,5,7-8,15H2,1H3,(H,29,32)/t24-/m1/s1. The number of hydrogen-bond donors (Lipinski definition) is 2. The molecule has 34 heavy (non-hydrogen) atoms. The molecular formula is C26H24FN3O3S. The Morgan fingerprint density at radius 3 is 2.74 bits per heavy atom. The van der Waals surface area contributed by atoms with E-state index in [2.05, 4.69) is 16.7 Å². The topological polar surface area (TPSA) is 91.2 Å². The number of rotatable bonds is 7. The van der Waals surface area contributed by atoms with E-state index < -0.39 is 5.92 Å². The van der Waals surface area contributed by atoms with Crippen LogP contribution >= 0.6 is 11.8 Å². The van der Waals surface area contributed by atoms with Gasteiger partial charge in [0.15, 0.2) is 5.78 Å². The van der Waals surface area contributed by atoms with E-state index >= 15 is 0 Å². The molecule has 4 rings (SSSR count). The molecule has 8 heteroatoms. The zero-order chi connectivity index (χ0) is 24.1. The molecule has 6 nitrogen and oxygen atoms in total. The van der Waals surface area contributed by atoms with Gasteiger partial charge >= 0.3 is 0 Å². The van der Waals surface area contributed by atoms with Gasteiger partial charge in [-0.05, 0) is 49.6 Å². The van der Waals surface area contributed by atoms with E-state index in [4.69, 9.17) is 4.74 Å². The molecular weight excluding hydrogens is 453 g/mol. The van der Waals surface area contributed by atoms with Crippen LogP contribution in [0.15, 0.2) is 70.4 Å². The third kappa shape index (κ3) is 5.00. The number of halogens is 1. The first-order chi connectivity index (χ1) is 16.5. The van der Waals surface area contributed by atoms with Crippen molar-refractivity contribution in [2.45, 2.75) is 32.1 Å². The third-order valence-corrected chi connectivity index (χ3v) is 6.69. The molecule has 2 aromatic carbocycles. The number of amides is 1. The maximum atomic E-state index is 13.6. The number of para-hydroxylation sites is 2. The molecule has 0 aromatic heterocycles. The number of nitrogens with one attached hydrogen (secondary N) is 2. The number of anilines is 1. The van der Waals surface area contributed by atoms with Crippen molar-refractivity contribution < 1.29 is 18.7 Å². The number of hydrogen-bond acceptors (Lipinski definition) is 6. The van der Waals surface area contributed by atoms with Crippen LogP contribution in [0.25, 0.3) is 0 Å². The maximum absolute atomic E-state index is 13.6. The number of nitrogens with zero attached hydrogens (tertiary/aromatic N) is 1. The Kier molecular flexibility index (Phi) is 7.33. The summed E-state index contributed by atoms with van der Waals surface area (Å²) in [7, 11) is 0. The highest BCUT2D eigenvalue weighted by Gasteiger charge is 2.37. The van der Waals surface area contributed by atoms with E-state index in [-0.39, 0.29) is 23.3 Å². The van der Waals surface area contributed by atoms with Crippen LogP contribution in [0.4, 0.5) is 10.1 Å². The largest absolute Gasteiger partial charge is 0.492 e. The summed E-state index contributed by atoms with van der Waals surface area (Å²) in [6, 6.07) is 15.3. The fourth-order valence-corrected chi connectivity index (χ4v) is 5.06. The first-order valence-electron chi connectivity index (χ1n) is 11.1. The van der Waals surface area contributed by atoms with Crippen LogP contribution < -0.4 is 15.4 Å². The molecule has 2 N–H and O–H groups in total. The summed E-state index contributed by atoms with van der Waals surface area (Å²) < 4.78 is 19.1. The summed E-state index contributed by atoms with van der Waals surface area (Å²) in [6.45, 7) is 2.35. The van der Waals surface area contributed by atoms with Crippen LogP contribution in [0.3, 0.4) is 0 Å². The number of ketones is 1. The molecule has 1 aliphatic carbocycles. The molecule has 2 aromatic rings. The summed E-state index contributed by atoms with van der Waals surface area (Å²) in [5.41, 5.74) is 2.94. The van der Waals surface area contributed by atoms with Crippen LogP contribution in [0.2, 0.25) is 0 Å². The van der Waals surface area contributed by atoms with Gasteiger partial charge in [-0.1, -0.05) is 36.0 Å². The Balaban J connectivity index is 1.59. The van der Waals surface area contributed by atoms with E-state index in [9.17, 15) is 19.2 Å². The van der Waals surface area contributed by atoms with Crippen molar-refractivity contribution in [1.29, 1.82) is 5.26 Å². The molecule has 2 aliphatic rings. The summed E-state index contributed by atoms with van der Waals surface area (Å²) in [6.07, 6.45) is 1.81. The quantitative estimate of drug-likeness (QED) is 0.582. The van der Waals surface area contributed by atoms with E-state index in [1.807, 2.05) is 19.1 Å². The van der Waals surface area contributed by atoms with Gasteiger partial charge in [0.1, 0.15) is 11.6 Å². The number of carbonyl (C=O) groups excluding carboxylic acids is 2. The summed E-state index contributed by atoms with van der Waals surface area (Å²) in [5.74, 6) is -0.586. The minimum atomic E-state index is -0.584. The van der Waals surface area contributed by atoms with Gasteiger partial charge in [0.25, 0.3) is 0 Å². The lowest BCUT2D eigenvalue weighted by molar-refractivity contribution is -0.116. The molecule has 0 unspecified atom stereocenters. The van der Waals surface area contributed by atoms with Gasteiger partial charge in [-0.15, -0.1) is 0 Å². The van der Waals surface area contributed by atoms with Crippen molar-refractivity contribution in [3.63, 3.8) is 0 Å². The average molecular weight is 478 g/mol. The lowest BCUT2D eigenvalue weighted by Gasteiger charge is -2.33. The van der Waals surface area contributed by atoms with Crippen LogP contribution in [0.1, 0.15) is 37.7 Å². The van der Waals surface area contributed by atoms with Crippen molar-refractivity contribution >= 4 is 29.1 Å². The summed E-state index contributed by atoms with van der Waals surface area (Å²) in [5, 5.41) is 16.7. The Labute approximate surface area is 201 Å². The third-order valence-electron chi connectivity index (χ3n) is 5.67. The van der Waals surface area contributed by atoms with Crippen molar-refractivity contribution in [1.82, 2.24) is 5.32 Å². The molecule has 0 fully saturated rings. The van der Waals surface area contributed by atoms with Crippen molar-refractivity contribution in [3.05, 3.63) is 81.8 Å². The molecule has 1 amide bonds.